The Bertz CT molecular complexity index is 736. The normalized spacial score (nSPS) is 11.7. The van der Waals surface area contributed by atoms with Crippen LogP contribution in [0.3, 0.4) is 0 Å². The van der Waals surface area contributed by atoms with Crippen LogP contribution < -0.4 is 10.1 Å². The van der Waals surface area contributed by atoms with Crippen LogP contribution in [0, 0.1) is 6.92 Å². The first-order valence-electron chi connectivity index (χ1n) is 7.78. The molecule has 0 aromatic carbocycles. The SMILES string of the molecule is CN=C(NCCOc1ccc(C(F)(F)F)cn1)N(C)Cc1csc(C)n1.I. The molecule has 0 radical (unpaired) electrons. The number of nitrogens with zero attached hydrogens (tertiary/aromatic N) is 4. The molecule has 0 unspecified atom stereocenters. The number of ether oxygens (including phenoxy) is 1. The zero-order chi connectivity index (χ0) is 19.2. The van der Waals surface area contributed by atoms with Gasteiger partial charge in [0.15, 0.2) is 5.96 Å². The second-order valence-corrected chi connectivity index (χ2v) is 6.48. The molecule has 0 fully saturated rings. The number of guanidine groups is 1. The van der Waals surface area contributed by atoms with Gasteiger partial charge in [0.05, 0.1) is 29.4 Å². The molecular formula is C16H21F3IN5OS. The van der Waals surface area contributed by atoms with Crippen LogP contribution in [0.25, 0.3) is 0 Å². The molecule has 2 aromatic rings. The fourth-order valence-electron chi connectivity index (χ4n) is 2.14. The highest BCUT2D eigenvalue weighted by atomic mass is 127. The molecule has 0 aliphatic carbocycles. The van der Waals surface area contributed by atoms with E-state index in [-0.39, 0.29) is 36.5 Å². The largest absolute Gasteiger partial charge is 0.476 e. The first kappa shape index (κ1) is 23.4. The molecule has 2 aromatic heterocycles. The molecule has 150 valence electrons. The predicted molar refractivity (Wildman–Crippen MR) is 110 cm³/mol. The molecule has 11 heteroatoms. The lowest BCUT2D eigenvalue weighted by molar-refractivity contribution is -0.137. The van der Waals surface area contributed by atoms with E-state index in [9.17, 15) is 13.2 Å². The smallest absolute Gasteiger partial charge is 0.417 e. The third kappa shape index (κ3) is 7.48. The minimum Gasteiger partial charge on any atom is -0.476 e. The van der Waals surface area contributed by atoms with Crippen LogP contribution in [0.2, 0.25) is 0 Å². The summed E-state index contributed by atoms with van der Waals surface area (Å²) in [6, 6.07) is 2.15. The molecule has 6 nitrogen and oxygen atoms in total. The molecule has 0 aliphatic rings. The summed E-state index contributed by atoms with van der Waals surface area (Å²) >= 11 is 1.59. The van der Waals surface area contributed by atoms with Crippen LogP contribution in [0.4, 0.5) is 13.2 Å². The van der Waals surface area contributed by atoms with Gasteiger partial charge in [0.25, 0.3) is 0 Å². The number of nitrogens with one attached hydrogen (secondary N) is 1. The van der Waals surface area contributed by atoms with Gasteiger partial charge >= 0.3 is 6.18 Å². The molecule has 1 N–H and O–H groups in total. The lowest BCUT2D eigenvalue weighted by Gasteiger charge is -2.21. The summed E-state index contributed by atoms with van der Waals surface area (Å²) in [5.74, 6) is 0.806. The lowest BCUT2D eigenvalue weighted by Crippen LogP contribution is -2.40. The van der Waals surface area contributed by atoms with E-state index >= 15 is 0 Å². The first-order valence-corrected chi connectivity index (χ1v) is 8.66. The Balaban J connectivity index is 0.00000364. The molecule has 27 heavy (non-hydrogen) atoms. The topological polar surface area (TPSA) is 62.6 Å². The van der Waals surface area contributed by atoms with Gasteiger partial charge in [0.1, 0.15) is 6.61 Å². The molecule has 0 amide bonds. The van der Waals surface area contributed by atoms with E-state index in [0.717, 1.165) is 23.0 Å². The zero-order valence-electron chi connectivity index (χ0n) is 15.1. The van der Waals surface area contributed by atoms with Gasteiger partial charge in [-0.2, -0.15) is 13.2 Å². The van der Waals surface area contributed by atoms with Crippen molar-refractivity contribution in [3.8, 4) is 5.88 Å². The van der Waals surface area contributed by atoms with Crippen LogP contribution in [0.1, 0.15) is 16.3 Å². The van der Waals surface area contributed by atoms with Gasteiger partial charge in [-0.25, -0.2) is 9.97 Å². The average molecular weight is 515 g/mol. The molecule has 2 heterocycles. The van der Waals surface area contributed by atoms with Crippen molar-refractivity contribution < 1.29 is 17.9 Å². The number of hydrogen-bond acceptors (Lipinski definition) is 5. The Morgan fingerprint density at radius 3 is 2.63 bits per heavy atom. The van der Waals surface area contributed by atoms with Crippen molar-refractivity contribution in [2.45, 2.75) is 19.6 Å². The van der Waals surface area contributed by atoms with Gasteiger partial charge in [-0.15, -0.1) is 35.3 Å². The van der Waals surface area contributed by atoms with Crippen molar-refractivity contribution in [3.05, 3.63) is 40.0 Å². The Kier molecular flexibility index (Phi) is 9.22. The van der Waals surface area contributed by atoms with Crippen LogP contribution in [-0.2, 0) is 12.7 Å². The summed E-state index contributed by atoms with van der Waals surface area (Å²) in [6.07, 6.45) is -3.65. The summed E-state index contributed by atoms with van der Waals surface area (Å²) in [5.41, 5.74) is 0.158. The summed E-state index contributed by atoms with van der Waals surface area (Å²) in [5, 5.41) is 6.13. The average Bonchev–Trinajstić information content (AvgIpc) is 2.99. The third-order valence-electron chi connectivity index (χ3n) is 3.34. The van der Waals surface area contributed by atoms with E-state index in [1.807, 2.05) is 24.3 Å². The molecule has 0 atom stereocenters. The zero-order valence-corrected chi connectivity index (χ0v) is 18.2. The van der Waals surface area contributed by atoms with Crippen molar-refractivity contribution in [1.82, 2.24) is 20.2 Å². The number of pyridine rings is 1. The van der Waals surface area contributed by atoms with Crippen molar-refractivity contribution in [3.63, 3.8) is 0 Å². The van der Waals surface area contributed by atoms with E-state index in [4.69, 9.17) is 4.74 Å². The number of aliphatic imine (C=N–C) groups is 1. The van der Waals surface area contributed by atoms with Gasteiger partial charge < -0.3 is 15.0 Å². The maximum Gasteiger partial charge on any atom is 0.417 e. The van der Waals surface area contributed by atoms with E-state index < -0.39 is 11.7 Å². The minimum atomic E-state index is -4.40. The fraction of sp³-hybridized carbons (Fsp3) is 0.438. The second kappa shape index (κ2) is 10.6. The van der Waals surface area contributed by atoms with Crippen molar-refractivity contribution in [2.75, 3.05) is 27.2 Å². The number of thiazole rings is 1. The molecular weight excluding hydrogens is 494 g/mol. The van der Waals surface area contributed by atoms with Crippen LogP contribution in [0.15, 0.2) is 28.7 Å². The van der Waals surface area contributed by atoms with Gasteiger partial charge in [-0.1, -0.05) is 0 Å². The molecule has 0 spiro atoms. The van der Waals surface area contributed by atoms with Crippen LogP contribution >= 0.6 is 35.3 Å². The highest BCUT2D eigenvalue weighted by molar-refractivity contribution is 14.0. The molecule has 0 saturated carbocycles. The number of aromatic nitrogens is 2. The fourth-order valence-corrected chi connectivity index (χ4v) is 2.74. The number of alkyl halides is 3. The van der Waals surface area contributed by atoms with Gasteiger partial charge in [-0.05, 0) is 13.0 Å². The van der Waals surface area contributed by atoms with Crippen molar-refractivity contribution >= 4 is 41.3 Å². The summed E-state index contributed by atoms with van der Waals surface area (Å²) < 4.78 is 42.8. The van der Waals surface area contributed by atoms with Crippen LogP contribution in [0.5, 0.6) is 5.88 Å². The molecule has 0 bridgehead atoms. The maximum absolute atomic E-state index is 12.5. The Hall–Kier alpha value is -1.63. The summed E-state index contributed by atoms with van der Waals surface area (Å²) in [7, 11) is 3.56. The van der Waals surface area contributed by atoms with E-state index in [0.29, 0.717) is 19.0 Å². The van der Waals surface area contributed by atoms with Crippen LogP contribution in [-0.4, -0.2) is 48.1 Å². The third-order valence-corrected chi connectivity index (χ3v) is 4.16. The van der Waals surface area contributed by atoms with Gasteiger partial charge in [0.2, 0.25) is 5.88 Å². The number of halogens is 4. The number of rotatable bonds is 6. The highest BCUT2D eigenvalue weighted by Crippen LogP contribution is 2.29. The van der Waals surface area contributed by atoms with Crippen molar-refractivity contribution in [1.29, 1.82) is 0 Å². The monoisotopic (exact) mass is 515 g/mol. The standard InChI is InChI=1S/C16H20F3N5OS.HI/c1-11-23-13(10-26-11)9-24(3)15(20-2)21-6-7-25-14-5-4-12(8-22-14)16(17,18)19;/h4-5,8,10H,6-7,9H2,1-3H3,(H,20,21);1H. The molecule has 2 rings (SSSR count). The molecule has 0 saturated heterocycles. The molecule has 0 aliphatic heterocycles. The van der Waals surface area contributed by atoms with E-state index in [2.05, 4.69) is 20.3 Å². The second-order valence-electron chi connectivity index (χ2n) is 5.42. The van der Waals surface area contributed by atoms with Crippen molar-refractivity contribution in [2.24, 2.45) is 4.99 Å². The predicted octanol–water partition coefficient (Wildman–Crippen LogP) is 3.57. The van der Waals surface area contributed by atoms with Gasteiger partial charge in [-0.3, -0.25) is 4.99 Å². The highest BCUT2D eigenvalue weighted by Gasteiger charge is 2.30. The first-order chi connectivity index (χ1) is 12.3. The minimum absolute atomic E-state index is 0. The Morgan fingerprint density at radius 1 is 1.37 bits per heavy atom. The summed E-state index contributed by atoms with van der Waals surface area (Å²) in [4.78, 5) is 14.2. The maximum atomic E-state index is 12.5. The van der Waals surface area contributed by atoms with E-state index in [1.165, 1.54) is 6.07 Å². The number of aryl methyl sites for hydroxylation is 1. The van der Waals surface area contributed by atoms with Gasteiger partial charge in [0, 0.05) is 31.7 Å². The number of hydrogen-bond donors (Lipinski definition) is 1. The Labute approximate surface area is 176 Å². The Morgan fingerprint density at radius 2 is 2.11 bits per heavy atom. The quantitative estimate of drug-likeness (QED) is 0.276. The lowest BCUT2D eigenvalue weighted by atomic mass is 10.3. The summed E-state index contributed by atoms with van der Waals surface area (Å²) in [6.45, 7) is 3.23. The van der Waals surface area contributed by atoms with E-state index in [1.54, 1.807) is 18.4 Å².